The Morgan fingerprint density at radius 2 is 2.23 bits per heavy atom. The van der Waals surface area contributed by atoms with Crippen molar-refractivity contribution in [3.63, 3.8) is 0 Å². The van der Waals surface area contributed by atoms with Crippen LogP contribution in [0.4, 0.5) is 4.39 Å². The van der Waals surface area contributed by atoms with Crippen LogP contribution in [0.2, 0.25) is 0 Å². The van der Waals surface area contributed by atoms with Gasteiger partial charge in [-0.2, -0.15) is 5.10 Å². The van der Waals surface area contributed by atoms with Gasteiger partial charge >= 0.3 is 0 Å². The van der Waals surface area contributed by atoms with Gasteiger partial charge < -0.3 is 0 Å². The van der Waals surface area contributed by atoms with E-state index in [1.165, 1.54) is 12.1 Å². The quantitative estimate of drug-likeness (QED) is 0.746. The Balaban J connectivity index is 2.19. The Bertz CT molecular complexity index is 382. The average Bonchev–Trinajstić information content (AvgIpc) is 2.57. The maximum absolute atomic E-state index is 12.8. The Morgan fingerprint density at radius 1 is 1.31 bits per heavy atom. The molecule has 0 spiro atoms. The molecule has 0 aliphatic carbocycles. The minimum Gasteiger partial charge on any atom is -0.282 e. The summed E-state index contributed by atoms with van der Waals surface area (Å²) in [4.78, 5) is 0. The standard InChI is InChI=1S/C10H9FN2/c11-9-3-1-2-8(6-9)7-10-4-5-12-13-10/h1-6H,7H2,(H,12,13). The summed E-state index contributed by atoms with van der Waals surface area (Å²) in [5.74, 6) is -0.197. The molecule has 0 fully saturated rings. The smallest absolute Gasteiger partial charge is 0.123 e. The van der Waals surface area contributed by atoms with Gasteiger partial charge in [-0.3, -0.25) is 5.10 Å². The van der Waals surface area contributed by atoms with Crippen LogP contribution >= 0.6 is 0 Å². The SMILES string of the molecule is Fc1cccc(Cc2ccn[nH]2)c1. The van der Waals surface area contributed by atoms with E-state index in [-0.39, 0.29) is 5.82 Å². The van der Waals surface area contributed by atoms with Crippen LogP contribution in [0, 0.1) is 5.82 Å². The number of rotatable bonds is 2. The van der Waals surface area contributed by atoms with Crippen LogP contribution < -0.4 is 0 Å². The van der Waals surface area contributed by atoms with Crippen LogP contribution in [0.5, 0.6) is 0 Å². The average molecular weight is 176 g/mol. The first-order chi connectivity index (χ1) is 6.34. The summed E-state index contributed by atoms with van der Waals surface area (Å²) in [5.41, 5.74) is 1.94. The van der Waals surface area contributed by atoms with Crippen LogP contribution in [0.15, 0.2) is 36.5 Å². The maximum atomic E-state index is 12.8. The lowest BCUT2D eigenvalue weighted by molar-refractivity contribution is 0.626. The van der Waals surface area contributed by atoms with E-state index in [9.17, 15) is 4.39 Å². The summed E-state index contributed by atoms with van der Waals surface area (Å²) in [6, 6.07) is 8.45. The summed E-state index contributed by atoms with van der Waals surface area (Å²) in [5, 5.41) is 6.65. The van der Waals surface area contributed by atoms with E-state index in [0.717, 1.165) is 11.3 Å². The molecular formula is C10H9FN2. The highest BCUT2D eigenvalue weighted by atomic mass is 19.1. The van der Waals surface area contributed by atoms with Crippen molar-refractivity contribution >= 4 is 0 Å². The molecule has 1 aromatic heterocycles. The fourth-order valence-electron chi connectivity index (χ4n) is 1.25. The third-order valence-electron chi connectivity index (χ3n) is 1.84. The summed E-state index contributed by atoms with van der Waals surface area (Å²) < 4.78 is 12.8. The van der Waals surface area contributed by atoms with Crippen molar-refractivity contribution in [3.05, 3.63) is 53.6 Å². The fraction of sp³-hybridized carbons (Fsp3) is 0.100. The van der Waals surface area contributed by atoms with E-state index in [1.807, 2.05) is 12.1 Å². The number of nitrogens with zero attached hydrogens (tertiary/aromatic N) is 1. The zero-order valence-corrected chi connectivity index (χ0v) is 7.00. The number of halogens is 1. The second kappa shape index (κ2) is 3.39. The number of hydrogen-bond acceptors (Lipinski definition) is 1. The van der Waals surface area contributed by atoms with Gasteiger partial charge in [0.1, 0.15) is 5.82 Å². The number of H-pyrrole nitrogens is 1. The molecule has 0 bridgehead atoms. The summed E-state index contributed by atoms with van der Waals surface area (Å²) in [7, 11) is 0. The third kappa shape index (κ3) is 1.93. The Morgan fingerprint density at radius 3 is 2.92 bits per heavy atom. The normalized spacial score (nSPS) is 10.2. The fourth-order valence-corrected chi connectivity index (χ4v) is 1.25. The van der Waals surface area contributed by atoms with Gasteiger partial charge in [0.2, 0.25) is 0 Å². The number of aromatic nitrogens is 2. The topological polar surface area (TPSA) is 28.7 Å². The van der Waals surface area contributed by atoms with Crippen LogP contribution in [0.25, 0.3) is 0 Å². The van der Waals surface area contributed by atoms with Gasteiger partial charge in [0.05, 0.1) is 0 Å². The second-order valence-corrected chi connectivity index (χ2v) is 2.89. The van der Waals surface area contributed by atoms with Gasteiger partial charge in [0, 0.05) is 18.3 Å². The van der Waals surface area contributed by atoms with Gasteiger partial charge in [-0.25, -0.2) is 4.39 Å². The van der Waals surface area contributed by atoms with Crippen molar-refractivity contribution in [1.82, 2.24) is 10.2 Å². The molecule has 2 aromatic rings. The molecule has 0 atom stereocenters. The number of aromatic amines is 1. The zero-order valence-electron chi connectivity index (χ0n) is 7.00. The highest BCUT2D eigenvalue weighted by molar-refractivity contribution is 5.21. The van der Waals surface area contributed by atoms with Crippen molar-refractivity contribution in [2.75, 3.05) is 0 Å². The molecule has 2 rings (SSSR count). The van der Waals surface area contributed by atoms with Gasteiger partial charge in [-0.05, 0) is 23.8 Å². The minimum absolute atomic E-state index is 0.197. The van der Waals surface area contributed by atoms with Crippen molar-refractivity contribution < 1.29 is 4.39 Å². The molecule has 0 saturated heterocycles. The molecule has 2 nitrogen and oxygen atoms in total. The van der Waals surface area contributed by atoms with E-state index in [0.29, 0.717) is 6.42 Å². The number of nitrogens with one attached hydrogen (secondary N) is 1. The van der Waals surface area contributed by atoms with Crippen molar-refractivity contribution in [1.29, 1.82) is 0 Å². The van der Waals surface area contributed by atoms with E-state index in [4.69, 9.17) is 0 Å². The molecule has 0 unspecified atom stereocenters. The number of benzene rings is 1. The predicted molar refractivity (Wildman–Crippen MR) is 47.8 cm³/mol. The van der Waals surface area contributed by atoms with E-state index < -0.39 is 0 Å². The van der Waals surface area contributed by atoms with Gasteiger partial charge in [-0.15, -0.1) is 0 Å². The molecule has 0 amide bonds. The third-order valence-corrected chi connectivity index (χ3v) is 1.84. The molecule has 0 radical (unpaired) electrons. The van der Waals surface area contributed by atoms with Crippen LogP contribution in [-0.4, -0.2) is 10.2 Å². The van der Waals surface area contributed by atoms with Crippen LogP contribution in [0.1, 0.15) is 11.3 Å². The molecule has 1 aromatic carbocycles. The maximum Gasteiger partial charge on any atom is 0.123 e. The largest absolute Gasteiger partial charge is 0.282 e. The molecule has 0 aliphatic heterocycles. The predicted octanol–water partition coefficient (Wildman–Crippen LogP) is 2.14. The molecule has 1 N–H and O–H groups in total. The van der Waals surface area contributed by atoms with Crippen molar-refractivity contribution in [2.24, 2.45) is 0 Å². The highest BCUT2D eigenvalue weighted by Gasteiger charge is 1.97. The van der Waals surface area contributed by atoms with Crippen LogP contribution in [0.3, 0.4) is 0 Å². The lowest BCUT2D eigenvalue weighted by Crippen LogP contribution is -1.89. The van der Waals surface area contributed by atoms with Crippen molar-refractivity contribution in [2.45, 2.75) is 6.42 Å². The lowest BCUT2D eigenvalue weighted by atomic mass is 10.1. The first-order valence-corrected chi connectivity index (χ1v) is 4.07. The van der Waals surface area contributed by atoms with E-state index in [1.54, 1.807) is 12.3 Å². The summed E-state index contributed by atoms with van der Waals surface area (Å²) >= 11 is 0. The van der Waals surface area contributed by atoms with Crippen LogP contribution in [-0.2, 0) is 6.42 Å². The molecule has 13 heavy (non-hydrogen) atoms. The minimum atomic E-state index is -0.197. The number of hydrogen-bond donors (Lipinski definition) is 1. The summed E-state index contributed by atoms with van der Waals surface area (Å²) in [6.07, 6.45) is 2.38. The zero-order chi connectivity index (χ0) is 9.10. The van der Waals surface area contributed by atoms with Gasteiger partial charge in [-0.1, -0.05) is 12.1 Å². The molecule has 66 valence electrons. The molecule has 0 aliphatic rings. The van der Waals surface area contributed by atoms with E-state index in [2.05, 4.69) is 10.2 Å². The lowest BCUT2D eigenvalue weighted by Gasteiger charge is -1.97. The Hall–Kier alpha value is -1.64. The molecular weight excluding hydrogens is 167 g/mol. The first-order valence-electron chi connectivity index (χ1n) is 4.07. The highest BCUT2D eigenvalue weighted by Crippen LogP contribution is 2.08. The molecule has 0 saturated carbocycles. The second-order valence-electron chi connectivity index (χ2n) is 2.89. The molecule has 3 heteroatoms. The first kappa shape index (κ1) is 7.98. The van der Waals surface area contributed by atoms with Gasteiger partial charge in [0.15, 0.2) is 0 Å². The Labute approximate surface area is 75.4 Å². The Kier molecular flexibility index (Phi) is 2.08. The monoisotopic (exact) mass is 176 g/mol. The van der Waals surface area contributed by atoms with E-state index >= 15 is 0 Å². The van der Waals surface area contributed by atoms with Gasteiger partial charge in [0.25, 0.3) is 0 Å². The molecule has 1 heterocycles. The van der Waals surface area contributed by atoms with Crippen molar-refractivity contribution in [3.8, 4) is 0 Å². The summed E-state index contributed by atoms with van der Waals surface area (Å²) in [6.45, 7) is 0.